The van der Waals surface area contributed by atoms with Crippen LogP contribution in [0.4, 0.5) is 0 Å². The van der Waals surface area contributed by atoms with Crippen molar-refractivity contribution in [1.29, 1.82) is 0 Å². The molecule has 0 fully saturated rings. The van der Waals surface area contributed by atoms with Crippen molar-refractivity contribution < 1.29 is 8.42 Å². The van der Waals surface area contributed by atoms with E-state index in [1.165, 1.54) is 4.31 Å². The molecule has 0 unspecified atom stereocenters. The molecule has 1 aliphatic heterocycles. The highest BCUT2D eigenvalue weighted by Crippen LogP contribution is 2.14. The van der Waals surface area contributed by atoms with Gasteiger partial charge in [-0.05, 0) is 12.8 Å². The molecule has 5 heteroatoms. The van der Waals surface area contributed by atoms with Crippen LogP contribution in [0.5, 0.6) is 0 Å². The summed E-state index contributed by atoms with van der Waals surface area (Å²) in [7, 11) is -3.08. The molecule has 0 spiro atoms. The van der Waals surface area contributed by atoms with Gasteiger partial charge in [0.1, 0.15) is 6.67 Å². The van der Waals surface area contributed by atoms with Crippen molar-refractivity contribution >= 4 is 10.0 Å². The van der Waals surface area contributed by atoms with Crippen LogP contribution in [0.1, 0.15) is 39.5 Å². The van der Waals surface area contributed by atoms with Gasteiger partial charge in [-0.3, -0.25) is 4.31 Å². The first-order valence-electron chi connectivity index (χ1n) is 6.02. The number of hydrogen-bond donors (Lipinski definition) is 0. The lowest BCUT2D eigenvalue weighted by molar-refractivity contribution is 0.328. The molecule has 0 amide bonds. The SMILES string of the molecule is CCCCN1C=CN(S(=O)(=O)CCCC)C1. The fraction of sp³-hybridized carbons (Fsp3) is 0.818. The summed E-state index contributed by atoms with van der Waals surface area (Å²) in [4.78, 5) is 2.05. The van der Waals surface area contributed by atoms with Crippen molar-refractivity contribution in [1.82, 2.24) is 9.21 Å². The minimum atomic E-state index is -3.08. The van der Waals surface area contributed by atoms with Gasteiger partial charge in [-0.15, -0.1) is 0 Å². The van der Waals surface area contributed by atoms with Crippen LogP contribution in [0.3, 0.4) is 0 Å². The number of sulfonamides is 1. The Hall–Kier alpha value is -0.710. The first-order valence-corrected chi connectivity index (χ1v) is 7.63. The summed E-state index contributed by atoms with van der Waals surface area (Å²) >= 11 is 0. The van der Waals surface area contributed by atoms with E-state index in [0.717, 1.165) is 32.2 Å². The molecule has 0 aromatic heterocycles. The second-order valence-corrected chi connectivity index (χ2v) is 6.20. The Morgan fingerprint density at radius 1 is 1.12 bits per heavy atom. The highest BCUT2D eigenvalue weighted by molar-refractivity contribution is 7.89. The summed E-state index contributed by atoms with van der Waals surface area (Å²) in [5.41, 5.74) is 0. The van der Waals surface area contributed by atoms with E-state index in [1.807, 2.05) is 18.0 Å². The molecule has 0 aliphatic carbocycles. The highest BCUT2D eigenvalue weighted by atomic mass is 32.2. The van der Waals surface area contributed by atoms with Gasteiger partial charge >= 0.3 is 0 Å². The van der Waals surface area contributed by atoms with Gasteiger partial charge in [-0.1, -0.05) is 26.7 Å². The van der Waals surface area contributed by atoms with Crippen molar-refractivity contribution in [2.45, 2.75) is 39.5 Å². The largest absolute Gasteiger partial charge is 0.358 e. The Balaban J connectivity index is 2.44. The highest BCUT2D eigenvalue weighted by Gasteiger charge is 2.23. The van der Waals surface area contributed by atoms with Crippen LogP contribution in [0.15, 0.2) is 12.4 Å². The van der Waals surface area contributed by atoms with Crippen molar-refractivity contribution in [2.75, 3.05) is 19.0 Å². The molecule has 0 saturated heterocycles. The van der Waals surface area contributed by atoms with E-state index in [-0.39, 0.29) is 5.75 Å². The second kappa shape index (κ2) is 6.13. The van der Waals surface area contributed by atoms with E-state index in [0.29, 0.717) is 6.67 Å². The van der Waals surface area contributed by atoms with Crippen LogP contribution in [-0.4, -0.2) is 36.6 Å². The van der Waals surface area contributed by atoms with Gasteiger partial charge in [0.2, 0.25) is 10.0 Å². The van der Waals surface area contributed by atoms with Gasteiger partial charge < -0.3 is 4.90 Å². The minimum absolute atomic E-state index is 0.259. The van der Waals surface area contributed by atoms with E-state index in [9.17, 15) is 8.42 Å². The summed E-state index contributed by atoms with van der Waals surface area (Å²) in [5, 5.41) is 0. The van der Waals surface area contributed by atoms with Crippen LogP contribution < -0.4 is 0 Å². The lowest BCUT2D eigenvalue weighted by Gasteiger charge is -2.20. The maximum atomic E-state index is 11.9. The van der Waals surface area contributed by atoms with Crippen LogP contribution in [-0.2, 0) is 10.0 Å². The molecule has 4 nitrogen and oxygen atoms in total. The van der Waals surface area contributed by atoms with Gasteiger partial charge in [0.25, 0.3) is 0 Å². The van der Waals surface area contributed by atoms with Crippen molar-refractivity contribution in [3.05, 3.63) is 12.4 Å². The number of unbranched alkanes of at least 4 members (excludes halogenated alkanes) is 2. The first kappa shape index (κ1) is 13.4. The van der Waals surface area contributed by atoms with E-state index in [4.69, 9.17) is 0 Å². The molecule has 1 aliphatic rings. The Morgan fingerprint density at radius 2 is 1.81 bits per heavy atom. The lowest BCUT2D eigenvalue weighted by atomic mass is 10.3. The number of rotatable bonds is 7. The Kier molecular flexibility index (Phi) is 5.12. The van der Waals surface area contributed by atoms with Gasteiger partial charge in [0.05, 0.1) is 5.75 Å². The maximum absolute atomic E-state index is 11.9. The summed E-state index contributed by atoms with van der Waals surface area (Å²) in [6, 6.07) is 0. The maximum Gasteiger partial charge on any atom is 0.236 e. The molecular formula is C11H22N2O2S. The normalized spacial score (nSPS) is 16.1. The van der Waals surface area contributed by atoms with E-state index in [1.54, 1.807) is 6.20 Å². The predicted molar refractivity (Wildman–Crippen MR) is 66.2 cm³/mol. The molecule has 0 aromatic rings. The van der Waals surface area contributed by atoms with E-state index >= 15 is 0 Å². The monoisotopic (exact) mass is 246 g/mol. The average molecular weight is 246 g/mol. The molecule has 0 N–H and O–H groups in total. The summed E-state index contributed by atoms with van der Waals surface area (Å²) in [6.45, 7) is 5.57. The third-order valence-electron chi connectivity index (χ3n) is 2.68. The standard InChI is InChI=1S/C11H22N2O2S/c1-3-5-7-12-8-9-13(11-12)16(14,15)10-6-4-2/h8-9H,3-7,10-11H2,1-2H3. The van der Waals surface area contributed by atoms with Gasteiger partial charge in [-0.2, -0.15) is 0 Å². The molecule has 0 radical (unpaired) electrons. The van der Waals surface area contributed by atoms with Crippen LogP contribution in [0.25, 0.3) is 0 Å². The zero-order valence-electron chi connectivity index (χ0n) is 10.2. The zero-order chi connectivity index (χ0) is 12.0. The molecule has 1 rings (SSSR count). The van der Waals surface area contributed by atoms with E-state index < -0.39 is 10.0 Å². The zero-order valence-corrected chi connectivity index (χ0v) is 11.0. The summed E-state index contributed by atoms with van der Waals surface area (Å²) in [5.74, 6) is 0.259. The molecule has 94 valence electrons. The minimum Gasteiger partial charge on any atom is -0.358 e. The van der Waals surface area contributed by atoms with Crippen molar-refractivity contribution in [3.63, 3.8) is 0 Å². The smallest absolute Gasteiger partial charge is 0.236 e. The van der Waals surface area contributed by atoms with Crippen LogP contribution in [0.2, 0.25) is 0 Å². The molecule has 0 bridgehead atoms. The molecule has 0 aromatic carbocycles. The van der Waals surface area contributed by atoms with Gasteiger partial charge in [0, 0.05) is 18.9 Å². The molecule has 0 saturated carbocycles. The molecular weight excluding hydrogens is 224 g/mol. The first-order chi connectivity index (χ1) is 7.60. The van der Waals surface area contributed by atoms with Gasteiger partial charge in [-0.25, -0.2) is 8.42 Å². The lowest BCUT2D eigenvalue weighted by Crippen LogP contribution is -2.32. The predicted octanol–water partition coefficient (Wildman–Crippen LogP) is 1.96. The Morgan fingerprint density at radius 3 is 2.44 bits per heavy atom. The van der Waals surface area contributed by atoms with Crippen LogP contribution in [0, 0.1) is 0 Å². The third kappa shape index (κ3) is 3.70. The average Bonchev–Trinajstić information content (AvgIpc) is 2.73. The number of hydrogen-bond acceptors (Lipinski definition) is 3. The topological polar surface area (TPSA) is 40.6 Å². The molecule has 16 heavy (non-hydrogen) atoms. The fourth-order valence-corrected chi connectivity index (χ4v) is 3.03. The number of nitrogens with zero attached hydrogens (tertiary/aromatic N) is 2. The van der Waals surface area contributed by atoms with Crippen molar-refractivity contribution in [2.24, 2.45) is 0 Å². The Bertz CT molecular complexity index is 325. The second-order valence-electron chi connectivity index (χ2n) is 4.16. The third-order valence-corrected chi connectivity index (χ3v) is 4.43. The van der Waals surface area contributed by atoms with Crippen molar-refractivity contribution in [3.8, 4) is 0 Å². The molecule has 0 atom stereocenters. The summed E-state index contributed by atoms with van der Waals surface area (Å²) < 4.78 is 25.2. The quantitative estimate of drug-likeness (QED) is 0.689. The fourth-order valence-electron chi connectivity index (χ4n) is 1.57. The Labute approximate surface area is 99.0 Å². The van der Waals surface area contributed by atoms with Gasteiger partial charge in [0.15, 0.2) is 0 Å². The molecule has 1 heterocycles. The van der Waals surface area contributed by atoms with E-state index in [2.05, 4.69) is 6.92 Å². The van der Waals surface area contributed by atoms with Crippen LogP contribution >= 0.6 is 0 Å². The summed E-state index contributed by atoms with van der Waals surface area (Å²) in [6.07, 6.45) is 7.44.